The summed E-state index contributed by atoms with van der Waals surface area (Å²) in [5.41, 5.74) is 1.45. The second kappa shape index (κ2) is 2.94. The topological polar surface area (TPSA) is 9.23 Å². The van der Waals surface area contributed by atoms with Gasteiger partial charge in [0.15, 0.2) is 0 Å². The van der Waals surface area contributed by atoms with Gasteiger partial charge in [0.2, 0.25) is 10.5 Å². The molecule has 0 aromatic heterocycles. The molecule has 0 N–H and O–H groups in total. The van der Waals surface area contributed by atoms with Crippen LogP contribution >= 0.6 is 0 Å². The molecule has 2 heteroatoms. The average molecular weight is 178 g/mol. The van der Waals surface area contributed by atoms with Crippen molar-refractivity contribution in [3.8, 4) is 5.75 Å². The minimum absolute atomic E-state index is 0.785. The second-order valence-electron chi connectivity index (χ2n) is 3.60. The van der Waals surface area contributed by atoms with E-state index in [0.29, 0.717) is 0 Å². The Morgan fingerprint density at radius 3 is 2.83 bits per heavy atom. The average Bonchev–Trinajstić information content (AvgIpc) is 2.83. The zero-order valence-electron chi connectivity index (χ0n) is 7.58. The summed E-state index contributed by atoms with van der Waals surface area (Å²) < 4.78 is 5.31. The van der Waals surface area contributed by atoms with Crippen molar-refractivity contribution in [3.05, 3.63) is 29.8 Å². The number of hydrogen-bond acceptors (Lipinski definition) is 1. The maximum atomic E-state index is 5.31. The molecule has 0 spiro atoms. The molecule has 1 saturated carbocycles. The van der Waals surface area contributed by atoms with Crippen molar-refractivity contribution < 1.29 is 4.43 Å². The maximum Gasteiger partial charge on any atom is 0.204 e. The van der Waals surface area contributed by atoms with Crippen molar-refractivity contribution in [2.75, 3.05) is 0 Å². The van der Waals surface area contributed by atoms with Crippen LogP contribution in [0.25, 0.3) is 0 Å². The molecule has 12 heavy (non-hydrogen) atoms. The molecule has 0 amide bonds. The van der Waals surface area contributed by atoms with Gasteiger partial charge in [0.25, 0.3) is 0 Å². The predicted molar refractivity (Wildman–Crippen MR) is 53.5 cm³/mol. The van der Waals surface area contributed by atoms with Crippen LogP contribution in [0.1, 0.15) is 24.8 Å². The van der Waals surface area contributed by atoms with Crippen LogP contribution in [0, 0.1) is 5.92 Å². The van der Waals surface area contributed by atoms with E-state index in [1.165, 1.54) is 12.0 Å². The van der Waals surface area contributed by atoms with E-state index in [9.17, 15) is 0 Å². The lowest BCUT2D eigenvalue weighted by Gasteiger charge is -2.03. The molecule has 2 unspecified atom stereocenters. The molecule has 0 heterocycles. The van der Waals surface area contributed by atoms with Gasteiger partial charge in [0.05, 0.1) is 0 Å². The largest absolute Gasteiger partial charge is 0.553 e. The molecular weight excluding hydrogens is 164 g/mol. The van der Waals surface area contributed by atoms with E-state index >= 15 is 0 Å². The van der Waals surface area contributed by atoms with Crippen molar-refractivity contribution in [1.82, 2.24) is 0 Å². The summed E-state index contributed by atoms with van der Waals surface area (Å²) in [5.74, 6) is 2.73. The molecule has 1 fully saturated rings. The first-order valence-electron chi connectivity index (χ1n) is 4.45. The highest BCUT2D eigenvalue weighted by Gasteiger charge is 2.33. The lowest BCUT2D eigenvalue weighted by molar-refractivity contribution is 0.614. The molecule has 2 atom stereocenters. The van der Waals surface area contributed by atoms with Gasteiger partial charge in [-0.2, -0.15) is 0 Å². The standard InChI is InChI=1S/C10H14OSi/c1-7-5-10(7)8-3-2-4-9(6-8)11-12/h2-4,6-7,10H,5H2,1,12H3. The molecule has 1 aliphatic rings. The fraction of sp³-hybridized carbons (Fsp3) is 0.400. The quantitative estimate of drug-likeness (QED) is 0.623. The minimum Gasteiger partial charge on any atom is -0.553 e. The van der Waals surface area contributed by atoms with Crippen molar-refractivity contribution in [2.45, 2.75) is 19.3 Å². The maximum absolute atomic E-state index is 5.31. The summed E-state index contributed by atoms with van der Waals surface area (Å²) >= 11 is 0. The zero-order valence-corrected chi connectivity index (χ0v) is 9.58. The van der Waals surface area contributed by atoms with Gasteiger partial charge in [0, 0.05) is 0 Å². The summed E-state index contributed by atoms with van der Waals surface area (Å²) in [6.45, 7) is 2.30. The van der Waals surface area contributed by atoms with Gasteiger partial charge in [-0.1, -0.05) is 19.1 Å². The summed E-state index contributed by atoms with van der Waals surface area (Å²) in [4.78, 5) is 0. The summed E-state index contributed by atoms with van der Waals surface area (Å²) in [7, 11) is 0.785. The molecule has 0 radical (unpaired) electrons. The van der Waals surface area contributed by atoms with Gasteiger partial charge < -0.3 is 4.43 Å². The molecule has 1 aliphatic carbocycles. The smallest absolute Gasteiger partial charge is 0.204 e. The van der Waals surface area contributed by atoms with Crippen molar-refractivity contribution in [1.29, 1.82) is 0 Å². The van der Waals surface area contributed by atoms with Crippen LogP contribution in [0.3, 0.4) is 0 Å². The van der Waals surface area contributed by atoms with Crippen LogP contribution in [0.2, 0.25) is 0 Å². The summed E-state index contributed by atoms with van der Waals surface area (Å²) in [6.07, 6.45) is 1.35. The molecule has 64 valence electrons. The lowest BCUT2D eigenvalue weighted by Crippen LogP contribution is -1.87. The molecule has 2 rings (SSSR count). The molecule has 1 nitrogen and oxygen atoms in total. The number of benzene rings is 1. The van der Waals surface area contributed by atoms with E-state index in [-0.39, 0.29) is 0 Å². The molecule has 0 aliphatic heterocycles. The minimum atomic E-state index is 0.785. The normalized spacial score (nSPS) is 27.1. The highest BCUT2D eigenvalue weighted by molar-refractivity contribution is 5.99. The Labute approximate surface area is 76.3 Å². The second-order valence-corrected chi connectivity index (χ2v) is 4.00. The van der Waals surface area contributed by atoms with Crippen LogP contribution in [-0.4, -0.2) is 10.5 Å². The van der Waals surface area contributed by atoms with Gasteiger partial charge in [0.1, 0.15) is 5.75 Å². The van der Waals surface area contributed by atoms with Crippen LogP contribution in [0.4, 0.5) is 0 Å². The van der Waals surface area contributed by atoms with Gasteiger partial charge >= 0.3 is 0 Å². The Morgan fingerprint density at radius 1 is 1.50 bits per heavy atom. The Balaban J connectivity index is 2.21. The number of rotatable bonds is 2. The monoisotopic (exact) mass is 178 g/mol. The number of hydrogen-bond donors (Lipinski definition) is 0. The first-order valence-corrected chi connectivity index (χ1v) is 5.27. The predicted octanol–water partition coefficient (Wildman–Crippen LogP) is 1.47. The highest BCUT2D eigenvalue weighted by Crippen LogP contribution is 2.47. The molecule has 1 aromatic rings. The van der Waals surface area contributed by atoms with Crippen LogP contribution in [0.5, 0.6) is 5.75 Å². The SMILES string of the molecule is CC1CC1c1cccc(O[SiH3])c1. The highest BCUT2D eigenvalue weighted by atomic mass is 28.2. The van der Waals surface area contributed by atoms with Crippen LogP contribution < -0.4 is 4.43 Å². The Kier molecular flexibility index (Phi) is 1.93. The van der Waals surface area contributed by atoms with Gasteiger partial charge in [-0.05, 0) is 36.0 Å². The Hall–Kier alpha value is -0.763. The van der Waals surface area contributed by atoms with E-state index in [0.717, 1.165) is 28.1 Å². The third-order valence-corrected chi connectivity index (χ3v) is 3.10. The fourth-order valence-electron chi connectivity index (χ4n) is 1.66. The van der Waals surface area contributed by atoms with Gasteiger partial charge in [-0.15, -0.1) is 0 Å². The van der Waals surface area contributed by atoms with Crippen LogP contribution in [-0.2, 0) is 0 Å². The van der Waals surface area contributed by atoms with Gasteiger partial charge in [-0.25, -0.2) is 0 Å². The van der Waals surface area contributed by atoms with E-state index in [2.05, 4.69) is 25.1 Å². The summed E-state index contributed by atoms with van der Waals surface area (Å²) in [5, 5.41) is 0. The molecule has 0 saturated heterocycles. The van der Waals surface area contributed by atoms with E-state index in [4.69, 9.17) is 4.43 Å². The lowest BCUT2D eigenvalue weighted by atomic mass is 10.1. The third-order valence-electron chi connectivity index (χ3n) is 2.63. The van der Waals surface area contributed by atoms with Crippen molar-refractivity contribution >= 4 is 10.5 Å². The first kappa shape index (κ1) is 7.86. The van der Waals surface area contributed by atoms with E-state index < -0.39 is 0 Å². The first-order chi connectivity index (χ1) is 5.81. The third kappa shape index (κ3) is 1.39. The van der Waals surface area contributed by atoms with Crippen molar-refractivity contribution in [2.24, 2.45) is 5.92 Å². The zero-order chi connectivity index (χ0) is 8.55. The summed E-state index contributed by atoms with van der Waals surface area (Å²) in [6, 6.07) is 8.51. The van der Waals surface area contributed by atoms with E-state index in [1.807, 2.05) is 6.07 Å². The fourth-order valence-corrected chi connectivity index (χ4v) is 1.91. The van der Waals surface area contributed by atoms with Crippen LogP contribution in [0.15, 0.2) is 24.3 Å². The van der Waals surface area contributed by atoms with E-state index in [1.54, 1.807) is 0 Å². The molecular formula is C10H14OSi. The molecule has 1 aromatic carbocycles. The Bertz CT molecular complexity index is 285. The van der Waals surface area contributed by atoms with Gasteiger partial charge in [-0.3, -0.25) is 0 Å². The molecule has 0 bridgehead atoms. The Morgan fingerprint density at radius 2 is 2.25 bits per heavy atom. The van der Waals surface area contributed by atoms with Crippen molar-refractivity contribution in [3.63, 3.8) is 0 Å².